The van der Waals surface area contributed by atoms with Crippen LogP contribution >= 0.6 is 0 Å². The van der Waals surface area contributed by atoms with Crippen LogP contribution in [0.15, 0.2) is 0 Å². The molecule has 7 aliphatic rings. The van der Waals surface area contributed by atoms with Gasteiger partial charge in [-0.25, -0.2) is 0 Å². The van der Waals surface area contributed by atoms with Crippen molar-refractivity contribution in [1.82, 2.24) is 9.80 Å². The zero-order valence-electron chi connectivity index (χ0n) is 42.2. The van der Waals surface area contributed by atoms with Crippen molar-refractivity contribution in [1.29, 1.82) is 0 Å². The lowest BCUT2D eigenvalue weighted by Crippen LogP contribution is -2.55. The van der Waals surface area contributed by atoms with Gasteiger partial charge < -0.3 is 19.3 Å². The van der Waals surface area contributed by atoms with Gasteiger partial charge in [0, 0.05) is 19.1 Å². The van der Waals surface area contributed by atoms with Crippen molar-refractivity contribution in [3.05, 3.63) is 0 Å². The zero-order chi connectivity index (χ0) is 43.0. The Labute approximate surface area is 359 Å². The zero-order valence-corrected chi connectivity index (χ0v) is 42.2. The Bertz CT molecular complexity index is 956. The molecule has 4 heterocycles. The van der Waals surface area contributed by atoms with Crippen molar-refractivity contribution in [3.8, 4) is 0 Å². The van der Waals surface area contributed by atoms with Gasteiger partial charge in [-0.1, -0.05) is 128 Å². The van der Waals surface area contributed by atoms with Gasteiger partial charge in [-0.15, -0.1) is 0 Å². The largest absolute Gasteiger partial charge is 0.375 e. The van der Waals surface area contributed by atoms with E-state index in [9.17, 15) is 0 Å². The predicted molar refractivity (Wildman–Crippen MR) is 252 cm³/mol. The molecule has 2 atom stereocenters. The second-order valence-electron chi connectivity index (χ2n) is 23.6. The topological polar surface area (TPSA) is 24.9 Å². The molecule has 3 saturated carbocycles. The number of likely N-dealkylation sites (tertiary alicyclic amines) is 2. The molecule has 0 aromatic heterocycles. The summed E-state index contributed by atoms with van der Waals surface area (Å²) in [7, 11) is 2.18. The molecule has 0 aromatic carbocycles. The predicted octanol–water partition coefficient (Wildman–Crippen LogP) is 15.0. The molecule has 2 unspecified atom stereocenters. The van der Waals surface area contributed by atoms with Gasteiger partial charge in [0.2, 0.25) is 0 Å². The summed E-state index contributed by atoms with van der Waals surface area (Å²) in [6, 6.07) is 0.769. The van der Waals surface area contributed by atoms with Crippen LogP contribution in [0.25, 0.3) is 0 Å². The van der Waals surface area contributed by atoms with Crippen LogP contribution < -0.4 is 0 Å². The van der Waals surface area contributed by atoms with Crippen molar-refractivity contribution in [2.75, 3.05) is 46.4 Å². The molecular weight excluding hydrogens is 697 g/mol. The fourth-order valence-electron chi connectivity index (χ4n) is 9.59. The third-order valence-corrected chi connectivity index (χ3v) is 16.3. The minimum Gasteiger partial charge on any atom is -0.375 e. The minimum atomic E-state index is 0.144. The van der Waals surface area contributed by atoms with Crippen molar-refractivity contribution in [2.24, 2.45) is 58.2 Å². The summed E-state index contributed by atoms with van der Waals surface area (Å²) < 4.78 is 11.6. The van der Waals surface area contributed by atoms with Crippen LogP contribution in [0, 0.1) is 58.2 Å². The van der Waals surface area contributed by atoms with Gasteiger partial charge in [-0.3, -0.25) is 0 Å². The van der Waals surface area contributed by atoms with E-state index in [0.29, 0.717) is 11.0 Å². The molecule has 4 aliphatic heterocycles. The van der Waals surface area contributed by atoms with Gasteiger partial charge in [0.1, 0.15) is 0 Å². The lowest BCUT2D eigenvalue weighted by atomic mass is 9.64. The number of rotatable bonds is 6. The molecular formula is C53H106N2O2. The third-order valence-electron chi connectivity index (χ3n) is 16.3. The first-order valence-electron chi connectivity index (χ1n) is 25.2. The Hall–Kier alpha value is -0.160. The maximum atomic E-state index is 5.85. The molecule has 7 fully saturated rings. The van der Waals surface area contributed by atoms with Gasteiger partial charge in [0.25, 0.3) is 0 Å². The van der Waals surface area contributed by atoms with E-state index >= 15 is 0 Å². The molecule has 57 heavy (non-hydrogen) atoms. The number of piperidine rings is 1. The van der Waals surface area contributed by atoms with Crippen molar-refractivity contribution in [2.45, 2.75) is 237 Å². The maximum absolute atomic E-state index is 5.85. The average Bonchev–Trinajstić information content (AvgIpc) is 3.90. The Morgan fingerprint density at radius 2 is 0.912 bits per heavy atom. The monoisotopic (exact) mass is 803 g/mol. The maximum Gasteiger partial charge on any atom is 0.0685 e. The smallest absolute Gasteiger partial charge is 0.0685 e. The first-order valence-corrected chi connectivity index (χ1v) is 25.2. The van der Waals surface area contributed by atoms with Crippen molar-refractivity contribution in [3.63, 3.8) is 0 Å². The molecule has 0 N–H and O–H groups in total. The number of nitrogens with zero attached hydrogens (tertiary/aromatic N) is 2. The highest BCUT2D eigenvalue weighted by molar-refractivity contribution is 4.98. The van der Waals surface area contributed by atoms with Crippen LogP contribution in [0.1, 0.15) is 220 Å². The fraction of sp³-hybridized carbons (Fsp3) is 1.00. The molecule has 4 heteroatoms. The van der Waals surface area contributed by atoms with Gasteiger partial charge in [-0.2, -0.15) is 0 Å². The highest BCUT2D eigenvalue weighted by Gasteiger charge is 2.47. The molecule has 3 aliphatic carbocycles. The highest BCUT2D eigenvalue weighted by Crippen LogP contribution is 2.48. The SMILES string of the molecule is CC(C)C1(C)CCC1.CC(C)C1(C)CN(C)C1.CC(C)C1CCC(C)(C)OC1.CC(C)C1CCC2(CC2)OC1.CC(C)C1CCCCC1.CC(C)N1CCCCC1. The van der Waals surface area contributed by atoms with E-state index < -0.39 is 0 Å². The summed E-state index contributed by atoms with van der Waals surface area (Å²) in [6.07, 6.45) is 24.1. The molecule has 0 aromatic rings. The minimum absolute atomic E-state index is 0.144. The highest BCUT2D eigenvalue weighted by atomic mass is 16.5. The quantitative estimate of drug-likeness (QED) is 0.267. The molecule has 0 bridgehead atoms. The fourth-order valence-corrected chi connectivity index (χ4v) is 9.59. The summed E-state index contributed by atoms with van der Waals surface area (Å²) in [6.45, 7) is 44.1. The molecule has 340 valence electrons. The van der Waals surface area contributed by atoms with E-state index in [2.05, 4.69) is 128 Å². The number of ether oxygens (including phenoxy) is 2. The lowest BCUT2D eigenvalue weighted by molar-refractivity contribution is -0.0850. The van der Waals surface area contributed by atoms with Gasteiger partial charge in [0.15, 0.2) is 0 Å². The van der Waals surface area contributed by atoms with E-state index in [-0.39, 0.29) is 5.60 Å². The van der Waals surface area contributed by atoms with Crippen LogP contribution in [0.2, 0.25) is 0 Å². The lowest BCUT2D eigenvalue weighted by Gasteiger charge is -2.49. The summed E-state index contributed by atoms with van der Waals surface area (Å²) in [4.78, 5) is 4.93. The van der Waals surface area contributed by atoms with Crippen molar-refractivity contribution >= 4 is 0 Å². The summed E-state index contributed by atoms with van der Waals surface area (Å²) in [5.74, 6) is 6.95. The van der Waals surface area contributed by atoms with E-state index in [1.54, 1.807) is 0 Å². The van der Waals surface area contributed by atoms with Gasteiger partial charge in [0.05, 0.1) is 24.4 Å². The summed E-state index contributed by atoms with van der Waals surface area (Å²) >= 11 is 0. The molecule has 4 nitrogen and oxygen atoms in total. The first kappa shape index (κ1) is 53.0. The normalized spacial score (nSPS) is 27.6. The Morgan fingerprint density at radius 3 is 1.16 bits per heavy atom. The first-order chi connectivity index (χ1) is 26.5. The third kappa shape index (κ3) is 19.6. The molecule has 4 saturated heterocycles. The molecule has 0 amide bonds. The average molecular weight is 803 g/mol. The molecule has 7 rings (SSSR count). The second-order valence-corrected chi connectivity index (χ2v) is 23.6. The molecule has 0 radical (unpaired) electrons. The van der Waals surface area contributed by atoms with Crippen LogP contribution in [0.5, 0.6) is 0 Å². The number of hydrogen-bond donors (Lipinski definition) is 0. The Balaban J connectivity index is 0.000000237. The van der Waals surface area contributed by atoms with E-state index in [0.717, 1.165) is 72.0 Å². The van der Waals surface area contributed by atoms with Crippen LogP contribution in [0.4, 0.5) is 0 Å². The van der Waals surface area contributed by atoms with E-state index in [1.807, 2.05) is 0 Å². The van der Waals surface area contributed by atoms with Crippen LogP contribution in [0.3, 0.4) is 0 Å². The Morgan fingerprint density at radius 1 is 0.456 bits per heavy atom. The van der Waals surface area contributed by atoms with Crippen LogP contribution in [-0.4, -0.2) is 73.5 Å². The van der Waals surface area contributed by atoms with Crippen molar-refractivity contribution < 1.29 is 9.47 Å². The van der Waals surface area contributed by atoms with Gasteiger partial charge in [-0.05, 0) is 170 Å². The molecule has 1 spiro atoms. The second kappa shape index (κ2) is 25.1. The van der Waals surface area contributed by atoms with E-state index in [1.165, 1.54) is 135 Å². The summed E-state index contributed by atoms with van der Waals surface area (Å²) in [5, 5.41) is 0. The standard InChI is InChI=1S/C10H18O.C10H20O.C9H18.2C8H17N.C8H16/c1-8(2)9-3-4-10(5-6-10)11-7-9;1-8(2)9-5-6-10(3,4)11-7-9;1-8(2)9-6-4-3-5-7-9;1-7(2)8(3)5-9(4)6-8;1-8(2)9-6-4-3-5-7-9;1-7(2)8(3)5-4-6-8/h8-9H,3-7H2,1-2H3;8-9H,5-7H2,1-4H3;8-9H,3-7H2,1-2H3;7H,5-6H2,1-4H3;8H,3-7H2,1-2H3;7H,4-6H2,1-3H3. The van der Waals surface area contributed by atoms with Crippen LogP contribution in [-0.2, 0) is 9.47 Å². The summed E-state index contributed by atoms with van der Waals surface area (Å²) in [5.41, 5.74) is 1.88. The number of hydrogen-bond acceptors (Lipinski definition) is 4. The van der Waals surface area contributed by atoms with E-state index in [4.69, 9.17) is 9.47 Å². The Kier molecular flexibility index (Phi) is 23.3. The van der Waals surface area contributed by atoms with Gasteiger partial charge >= 0.3 is 0 Å².